The van der Waals surface area contributed by atoms with Crippen LogP contribution in [0.4, 0.5) is 0 Å². The van der Waals surface area contributed by atoms with Crippen molar-refractivity contribution in [2.24, 2.45) is 0 Å². The van der Waals surface area contributed by atoms with Crippen LogP contribution in [-0.2, 0) is 14.3 Å². The molecule has 6 nitrogen and oxygen atoms in total. The third-order valence-electron chi connectivity index (χ3n) is 11.1. The summed E-state index contributed by atoms with van der Waals surface area (Å²) in [7, 11) is 0. The molecule has 0 bridgehead atoms. The Kier molecular flexibility index (Phi) is 45.2. The van der Waals surface area contributed by atoms with Gasteiger partial charge < -0.3 is 20.3 Å². The molecule has 0 radical (unpaired) electrons. The largest absolute Gasteiger partial charge is 0.466 e. The fraction of sp³-hybridized carbons (Fsp3) is 0.843. The lowest BCUT2D eigenvalue weighted by atomic mass is 10.0. The van der Waals surface area contributed by atoms with Crippen molar-refractivity contribution in [3.8, 4) is 0 Å². The Morgan fingerprint density at radius 2 is 0.842 bits per heavy atom. The molecule has 0 aromatic rings. The summed E-state index contributed by atoms with van der Waals surface area (Å²) in [4.78, 5) is 24.4. The summed E-state index contributed by atoms with van der Waals surface area (Å²) in [5.41, 5.74) is 0. The Balaban J connectivity index is 3.60. The lowest BCUT2D eigenvalue weighted by Gasteiger charge is -2.19. The van der Waals surface area contributed by atoms with E-state index in [4.69, 9.17) is 4.74 Å². The molecular formula is C51H95NO5. The standard InChI is InChI=1S/C51H95NO5/c1-3-5-7-9-11-13-15-17-18-19-20-21-23-24-27-31-35-39-43-49(54)48(47-53)52-50(55)44-40-36-32-28-26-30-34-38-42-46-57-51(56)45-41-37-33-29-25-22-16-14-12-10-8-6-4-2/h14,16,28,32,39,43,48-49,53-54H,3-13,15,17-27,29-31,33-38,40-42,44-47H2,1-2H3,(H,52,55)/b16-14-,32-28-,43-39+. The van der Waals surface area contributed by atoms with Crippen molar-refractivity contribution in [1.29, 1.82) is 0 Å². The van der Waals surface area contributed by atoms with Crippen LogP contribution in [0.2, 0.25) is 0 Å². The number of hydrogen-bond donors (Lipinski definition) is 3. The topological polar surface area (TPSA) is 95.9 Å². The second-order valence-electron chi connectivity index (χ2n) is 16.8. The summed E-state index contributed by atoms with van der Waals surface area (Å²) in [6, 6.07) is -0.666. The number of nitrogens with one attached hydrogen (secondary N) is 1. The minimum Gasteiger partial charge on any atom is -0.466 e. The summed E-state index contributed by atoms with van der Waals surface area (Å²) >= 11 is 0. The Morgan fingerprint density at radius 1 is 0.474 bits per heavy atom. The number of aliphatic hydroxyl groups is 2. The van der Waals surface area contributed by atoms with E-state index in [0.717, 1.165) is 70.6 Å². The summed E-state index contributed by atoms with van der Waals surface area (Å²) in [6.07, 6.45) is 55.7. The number of esters is 1. The molecule has 0 aromatic heterocycles. The van der Waals surface area contributed by atoms with Crippen molar-refractivity contribution >= 4 is 11.9 Å². The zero-order valence-corrected chi connectivity index (χ0v) is 37.8. The molecule has 1 amide bonds. The Morgan fingerprint density at radius 3 is 1.30 bits per heavy atom. The van der Waals surface area contributed by atoms with Crippen molar-refractivity contribution in [2.45, 2.75) is 264 Å². The van der Waals surface area contributed by atoms with Gasteiger partial charge >= 0.3 is 5.97 Å². The van der Waals surface area contributed by atoms with Gasteiger partial charge in [-0.05, 0) is 77.0 Å². The van der Waals surface area contributed by atoms with Crippen LogP contribution in [0, 0.1) is 0 Å². The maximum Gasteiger partial charge on any atom is 0.305 e. The van der Waals surface area contributed by atoms with Gasteiger partial charge in [0, 0.05) is 12.8 Å². The highest BCUT2D eigenvalue weighted by Gasteiger charge is 2.17. The van der Waals surface area contributed by atoms with Crippen LogP contribution in [0.15, 0.2) is 36.5 Å². The van der Waals surface area contributed by atoms with Gasteiger partial charge in [0.05, 0.1) is 25.4 Å². The normalized spacial score (nSPS) is 13.0. The molecule has 6 heteroatoms. The quantitative estimate of drug-likeness (QED) is 0.0324. The monoisotopic (exact) mass is 802 g/mol. The van der Waals surface area contributed by atoms with Gasteiger partial charge in [-0.25, -0.2) is 0 Å². The van der Waals surface area contributed by atoms with E-state index >= 15 is 0 Å². The van der Waals surface area contributed by atoms with E-state index in [0.29, 0.717) is 19.4 Å². The van der Waals surface area contributed by atoms with Crippen LogP contribution >= 0.6 is 0 Å². The predicted molar refractivity (Wildman–Crippen MR) is 246 cm³/mol. The Hall–Kier alpha value is -1.92. The number of unbranched alkanes of at least 4 members (excludes halogenated alkanes) is 30. The third-order valence-corrected chi connectivity index (χ3v) is 11.1. The van der Waals surface area contributed by atoms with Crippen LogP contribution in [0.1, 0.15) is 251 Å². The van der Waals surface area contributed by atoms with Gasteiger partial charge in [0.15, 0.2) is 0 Å². The number of amides is 1. The zero-order valence-electron chi connectivity index (χ0n) is 37.8. The summed E-state index contributed by atoms with van der Waals surface area (Å²) in [6.45, 7) is 4.79. The highest BCUT2D eigenvalue weighted by Crippen LogP contribution is 2.15. The average molecular weight is 802 g/mol. The average Bonchev–Trinajstić information content (AvgIpc) is 3.21. The maximum absolute atomic E-state index is 12.4. The minimum atomic E-state index is -0.876. The number of rotatable bonds is 45. The second-order valence-corrected chi connectivity index (χ2v) is 16.8. The molecular weight excluding hydrogens is 707 g/mol. The van der Waals surface area contributed by atoms with E-state index in [9.17, 15) is 19.8 Å². The number of aliphatic hydroxyl groups excluding tert-OH is 2. The summed E-state index contributed by atoms with van der Waals surface area (Å²) < 4.78 is 5.42. The van der Waals surface area contributed by atoms with Gasteiger partial charge in [-0.1, -0.05) is 198 Å². The van der Waals surface area contributed by atoms with Gasteiger partial charge in [0.2, 0.25) is 5.91 Å². The van der Waals surface area contributed by atoms with Crippen LogP contribution in [0.25, 0.3) is 0 Å². The number of ether oxygens (including phenoxy) is 1. The first-order valence-electron chi connectivity index (χ1n) is 24.8. The van der Waals surface area contributed by atoms with Gasteiger partial charge in [-0.3, -0.25) is 9.59 Å². The molecule has 2 atom stereocenters. The molecule has 2 unspecified atom stereocenters. The molecule has 0 aromatic carbocycles. The fourth-order valence-electron chi connectivity index (χ4n) is 7.28. The molecule has 0 aliphatic rings. The van der Waals surface area contributed by atoms with Crippen molar-refractivity contribution in [1.82, 2.24) is 5.32 Å². The maximum atomic E-state index is 12.4. The first-order chi connectivity index (χ1) is 28.0. The first kappa shape index (κ1) is 55.1. The zero-order chi connectivity index (χ0) is 41.5. The molecule has 57 heavy (non-hydrogen) atoms. The van der Waals surface area contributed by atoms with Crippen molar-refractivity contribution in [2.75, 3.05) is 13.2 Å². The van der Waals surface area contributed by atoms with Crippen molar-refractivity contribution in [3.63, 3.8) is 0 Å². The third kappa shape index (κ3) is 43.5. The van der Waals surface area contributed by atoms with E-state index in [1.165, 1.54) is 154 Å². The fourth-order valence-corrected chi connectivity index (χ4v) is 7.28. The number of carbonyl (C=O) groups excluding carboxylic acids is 2. The molecule has 0 rings (SSSR count). The molecule has 0 heterocycles. The van der Waals surface area contributed by atoms with E-state index in [-0.39, 0.29) is 18.5 Å². The van der Waals surface area contributed by atoms with E-state index in [1.807, 2.05) is 6.08 Å². The summed E-state index contributed by atoms with van der Waals surface area (Å²) in [5, 5.41) is 23.0. The molecule has 0 aliphatic heterocycles. The Labute approximate surface area is 353 Å². The number of hydrogen-bond acceptors (Lipinski definition) is 5. The second kappa shape index (κ2) is 46.8. The van der Waals surface area contributed by atoms with Crippen molar-refractivity contribution in [3.05, 3.63) is 36.5 Å². The summed E-state index contributed by atoms with van der Waals surface area (Å²) in [5.74, 6) is -0.177. The van der Waals surface area contributed by atoms with Crippen LogP contribution in [-0.4, -0.2) is 47.4 Å². The molecule has 334 valence electrons. The SMILES string of the molecule is CCCCCC/C=C\CCCCCCCC(=O)OCCCCCC/C=C\CCCC(=O)NC(CO)C(O)/C=C/CCCCCCCCCCCCCCCCCC. The highest BCUT2D eigenvalue weighted by atomic mass is 16.5. The van der Waals surface area contributed by atoms with Crippen LogP contribution < -0.4 is 5.32 Å². The minimum absolute atomic E-state index is 0.0478. The van der Waals surface area contributed by atoms with Gasteiger partial charge in [-0.15, -0.1) is 0 Å². The Bertz CT molecular complexity index is 931. The molecule has 3 N–H and O–H groups in total. The van der Waals surface area contributed by atoms with E-state index < -0.39 is 12.1 Å². The van der Waals surface area contributed by atoms with Gasteiger partial charge in [0.25, 0.3) is 0 Å². The van der Waals surface area contributed by atoms with E-state index in [2.05, 4.69) is 43.5 Å². The number of allylic oxidation sites excluding steroid dienone is 5. The van der Waals surface area contributed by atoms with Crippen LogP contribution in [0.5, 0.6) is 0 Å². The molecule has 0 spiro atoms. The van der Waals surface area contributed by atoms with Gasteiger partial charge in [-0.2, -0.15) is 0 Å². The lowest BCUT2D eigenvalue weighted by molar-refractivity contribution is -0.143. The van der Waals surface area contributed by atoms with Crippen molar-refractivity contribution < 1.29 is 24.5 Å². The first-order valence-corrected chi connectivity index (χ1v) is 24.8. The molecule has 0 saturated carbocycles. The number of carbonyl (C=O) groups is 2. The molecule has 0 fully saturated rings. The lowest BCUT2D eigenvalue weighted by Crippen LogP contribution is -2.45. The van der Waals surface area contributed by atoms with E-state index in [1.54, 1.807) is 6.08 Å². The predicted octanol–water partition coefficient (Wildman–Crippen LogP) is 14.5. The van der Waals surface area contributed by atoms with Gasteiger partial charge in [0.1, 0.15) is 0 Å². The highest BCUT2D eigenvalue weighted by molar-refractivity contribution is 5.76. The molecule has 0 saturated heterocycles. The van der Waals surface area contributed by atoms with Crippen LogP contribution in [0.3, 0.4) is 0 Å². The molecule has 0 aliphatic carbocycles. The smallest absolute Gasteiger partial charge is 0.305 e.